The highest BCUT2D eigenvalue weighted by Gasteiger charge is 2.17. The van der Waals surface area contributed by atoms with Crippen molar-refractivity contribution in [2.24, 2.45) is 0 Å². The van der Waals surface area contributed by atoms with Gasteiger partial charge in [0.05, 0.1) is 0 Å². The molecule has 0 fully saturated rings. The minimum atomic E-state index is -0.867. The molecule has 0 unspecified atom stereocenters. The minimum absolute atomic E-state index is 0.00645. The average Bonchev–Trinajstić information content (AvgIpc) is 3.59. The first-order valence-corrected chi connectivity index (χ1v) is 14.0. The average molecular weight is 565 g/mol. The minimum Gasteiger partial charge on any atom is -0.481 e. The lowest BCUT2D eigenvalue weighted by Crippen LogP contribution is -2.14. The Morgan fingerprint density at radius 2 is 1.10 bits per heavy atom. The first-order chi connectivity index (χ1) is 20.0. The van der Waals surface area contributed by atoms with Crippen LogP contribution in [-0.2, 0) is 22.4 Å². The van der Waals surface area contributed by atoms with Crippen molar-refractivity contribution in [1.29, 1.82) is 0 Å². The number of carbonyl (C=O) groups is 2. The summed E-state index contributed by atoms with van der Waals surface area (Å²) in [6, 6.07) is 0. The van der Waals surface area contributed by atoms with Gasteiger partial charge < -0.3 is 30.1 Å². The summed E-state index contributed by atoms with van der Waals surface area (Å²) in [5.41, 5.74) is 11.3. The molecule has 6 N–H and O–H groups in total. The fourth-order valence-corrected chi connectivity index (χ4v) is 5.93. The molecule has 42 heavy (non-hydrogen) atoms. The molecule has 5 rings (SSSR count). The second-order valence-corrected chi connectivity index (χ2v) is 10.9. The van der Waals surface area contributed by atoms with Gasteiger partial charge in [0.25, 0.3) is 0 Å². The van der Waals surface area contributed by atoms with E-state index in [-0.39, 0.29) is 12.8 Å². The molecule has 8 bridgehead atoms. The molecule has 1 aliphatic heterocycles. The monoisotopic (exact) mass is 564 g/mol. The Morgan fingerprint density at radius 3 is 1.74 bits per heavy atom. The molecule has 8 heteroatoms. The largest absolute Gasteiger partial charge is 0.481 e. The second kappa shape index (κ2) is 11.1. The molecular formula is C34H36N4O4. The first kappa shape index (κ1) is 28.5. The van der Waals surface area contributed by atoms with Crippen molar-refractivity contribution < 1.29 is 19.8 Å². The van der Waals surface area contributed by atoms with Gasteiger partial charge in [0.1, 0.15) is 0 Å². The number of hydrogen-bond acceptors (Lipinski definition) is 2. The SMILES string of the molecule is C=Cc1c2[nH]c(c1C)/C=c1\[nH]/c(c(C)c1C=C)=C\c1[nH]c(c(CCC(=O)O)c1C)/C=c1\[nH]c(c(C)c1CCC(=O)O)=C2. The number of hydrogen-bond donors (Lipinski definition) is 6. The Bertz CT molecular complexity index is 2020. The van der Waals surface area contributed by atoms with Crippen LogP contribution in [0.1, 0.15) is 80.1 Å². The van der Waals surface area contributed by atoms with Crippen LogP contribution in [0.25, 0.3) is 36.5 Å². The summed E-state index contributed by atoms with van der Waals surface area (Å²) < 4.78 is 0. The summed E-state index contributed by atoms with van der Waals surface area (Å²) in [6.07, 6.45) is 12.5. The molecule has 0 aliphatic carbocycles. The third kappa shape index (κ3) is 5.11. The van der Waals surface area contributed by atoms with E-state index >= 15 is 0 Å². The Morgan fingerprint density at radius 1 is 0.595 bits per heavy atom. The summed E-state index contributed by atoms with van der Waals surface area (Å²) >= 11 is 0. The zero-order valence-corrected chi connectivity index (χ0v) is 24.4. The van der Waals surface area contributed by atoms with Crippen molar-refractivity contribution in [2.75, 3.05) is 0 Å². The quantitative estimate of drug-likeness (QED) is 0.172. The maximum Gasteiger partial charge on any atom is 0.303 e. The third-order valence-corrected chi connectivity index (χ3v) is 8.38. The van der Waals surface area contributed by atoms with Crippen LogP contribution in [-0.4, -0.2) is 42.1 Å². The number of aromatic nitrogens is 4. The standard InChI is InChI=1S/C34H36N4O4/c1-7-21-17(3)25-13-26-19(5)23(9-11-33(39)40)31(37-26)16-32-24(10-12-34(41)42)20(6)28(38-32)15-30-22(8-2)18(4)27(36-30)14-29(21)35-25/h7-8,13-16,35-38H,1-2,9-12H2,3-6H3,(H,39,40)(H,41,42)/b25-13-,26-13?,27-14?,28-15?,29-14-,30-15?,31-16?,32-16-. The van der Waals surface area contributed by atoms with E-state index in [1.165, 1.54) is 0 Å². The Labute approximate surface area is 243 Å². The number of aliphatic carboxylic acids is 2. The van der Waals surface area contributed by atoms with Gasteiger partial charge >= 0.3 is 11.9 Å². The molecule has 216 valence electrons. The van der Waals surface area contributed by atoms with Gasteiger partial charge in [-0.25, -0.2) is 0 Å². The number of H-pyrrole nitrogens is 4. The maximum atomic E-state index is 11.5. The lowest BCUT2D eigenvalue weighted by Gasteiger charge is -2.01. The van der Waals surface area contributed by atoms with Gasteiger partial charge in [-0.05, 0) is 98.2 Å². The van der Waals surface area contributed by atoms with E-state index in [0.29, 0.717) is 12.8 Å². The van der Waals surface area contributed by atoms with E-state index < -0.39 is 11.9 Å². The normalized spacial score (nSPS) is 14.5. The number of fused-ring (bicyclic) bond motifs is 8. The van der Waals surface area contributed by atoms with Crippen molar-refractivity contribution >= 4 is 48.4 Å². The maximum absolute atomic E-state index is 11.5. The molecule has 4 aromatic rings. The van der Waals surface area contributed by atoms with E-state index in [9.17, 15) is 19.8 Å². The van der Waals surface area contributed by atoms with E-state index in [2.05, 4.69) is 59.1 Å². The van der Waals surface area contributed by atoms with Crippen LogP contribution in [0.15, 0.2) is 13.2 Å². The van der Waals surface area contributed by atoms with Crippen molar-refractivity contribution in [1.82, 2.24) is 19.9 Å². The number of carboxylic acid groups (broad SMARTS) is 2. The highest BCUT2D eigenvalue weighted by Crippen LogP contribution is 2.23. The molecule has 0 saturated heterocycles. The van der Waals surface area contributed by atoms with Crippen molar-refractivity contribution in [3.63, 3.8) is 0 Å². The lowest BCUT2D eigenvalue weighted by molar-refractivity contribution is -0.138. The van der Waals surface area contributed by atoms with Crippen LogP contribution in [0.2, 0.25) is 0 Å². The molecule has 0 atom stereocenters. The predicted octanol–water partition coefficient (Wildman–Crippen LogP) is 3.18. The molecule has 0 saturated carbocycles. The summed E-state index contributed by atoms with van der Waals surface area (Å²) in [7, 11) is 0. The topological polar surface area (TPSA) is 138 Å². The van der Waals surface area contributed by atoms with Gasteiger partial charge in [-0.2, -0.15) is 0 Å². The first-order valence-electron chi connectivity index (χ1n) is 14.0. The summed E-state index contributed by atoms with van der Waals surface area (Å²) in [5, 5.41) is 22.4. The summed E-state index contributed by atoms with van der Waals surface area (Å²) in [6.45, 7) is 16.2. The zero-order valence-electron chi connectivity index (χ0n) is 24.4. The van der Waals surface area contributed by atoms with Gasteiger partial charge in [0, 0.05) is 68.1 Å². The van der Waals surface area contributed by atoms with Crippen LogP contribution < -0.4 is 21.4 Å². The van der Waals surface area contributed by atoms with E-state index in [4.69, 9.17) is 0 Å². The third-order valence-electron chi connectivity index (χ3n) is 8.38. The van der Waals surface area contributed by atoms with E-state index in [1.807, 2.05) is 38.2 Å². The van der Waals surface area contributed by atoms with Crippen molar-refractivity contribution in [3.8, 4) is 0 Å². The van der Waals surface area contributed by atoms with Crippen LogP contribution in [0, 0.1) is 27.7 Å². The van der Waals surface area contributed by atoms with E-state index in [0.717, 1.165) is 88.7 Å². The second-order valence-electron chi connectivity index (χ2n) is 10.9. The van der Waals surface area contributed by atoms with Gasteiger partial charge in [-0.3, -0.25) is 9.59 Å². The van der Waals surface area contributed by atoms with Gasteiger partial charge in [0.2, 0.25) is 0 Å². The molecule has 0 aromatic carbocycles. The van der Waals surface area contributed by atoms with E-state index in [1.54, 1.807) is 0 Å². The van der Waals surface area contributed by atoms with Gasteiger partial charge in [0.15, 0.2) is 0 Å². The molecular weight excluding hydrogens is 528 g/mol. The molecule has 5 heterocycles. The number of nitrogens with one attached hydrogen (secondary N) is 4. The Balaban J connectivity index is 1.92. The lowest BCUT2D eigenvalue weighted by atomic mass is 10.0. The highest BCUT2D eigenvalue weighted by molar-refractivity contribution is 5.73. The Kier molecular flexibility index (Phi) is 7.56. The molecule has 0 radical (unpaired) electrons. The molecule has 4 aromatic heterocycles. The highest BCUT2D eigenvalue weighted by atomic mass is 16.4. The van der Waals surface area contributed by atoms with Crippen LogP contribution >= 0.6 is 0 Å². The predicted molar refractivity (Wildman–Crippen MR) is 167 cm³/mol. The van der Waals surface area contributed by atoms with Crippen LogP contribution in [0.3, 0.4) is 0 Å². The number of carboxylic acids is 2. The zero-order chi connectivity index (χ0) is 30.3. The van der Waals surface area contributed by atoms with Gasteiger partial charge in [-0.15, -0.1) is 0 Å². The molecule has 0 spiro atoms. The van der Waals surface area contributed by atoms with Crippen molar-refractivity contribution in [2.45, 2.75) is 53.4 Å². The fraction of sp³-hybridized carbons (Fsp3) is 0.235. The van der Waals surface area contributed by atoms with Crippen LogP contribution in [0.4, 0.5) is 0 Å². The fourth-order valence-electron chi connectivity index (χ4n) is 5.93. The van der Waals surface area contributed by atoms with Crippen molar-refractivity contribution in [3.05, 3.63) is 102 Å². The number of aromatic amines is 4. The molecule has 0 amide bonds. The molecule has 8 nitrogen and oxygen atoms in total. The molecule has 1 aliphatic rings. The summed E-state index contributed by atoms with van der Waals surface area (Å²) in [4.78, 5) is 37.3. The number of rotatable bonds is 8. The smallest absolute Gasteiger partial charge is 0.303 e. The Hall–Kier alpha value is -4.98. The van der Waals surface area contributed by atoms with Gasteiger partial charge in [-0.1, -0.05) is 25.3 Å². The summed E-state index contributed by atoms with van der Waals surface area (Å²) in [5.74, 6) is -1.73. The van der Waals surface area contributed by atoms with Crippen LogP contribution in [0.5, 0.6) is 0 Å².